The largest absolute Gasteiger partial charge is 0.333 e. The first-order valence-corrected chi connectivity index (χ1v) is 10.7. The monoisotopic (exact) mass is 468 g/mol. The van der Waals surface area contributed by atoms with Crippen LogP contribution in [0.25, 0.3) is 10.9 Å². The van der Waals surface area contributed by atoms with Crippen LogP contribution < -0.4 is 16.2 Å². The first-order chi connectivity index (χ1) is 13.0. The quantitative estimate of drug-likeness (QED) is 0.515. The molecule has 0 saturated carbocycles. The van der Waals surface area contributed by atoms with E-state index in [0.29, 0.717) is 22.6 Å². The van der Waals surface area contributed by atoms with Crippen molar-refractivity contribution in [1.82, 2.24) is 20.2 Å². The zero-order valence-corrected chi connectivity index (χ0v) is 19.0. The van der Waals surface area contributed by atoms with Crippen LogP contribution in [-0.4, -0.2) is 32.3 Å². The Labute approximate surface area is 176 Å². The van der Waals surface area contributed by atoms with E-state index in [0.717, 1.165) is 22.7 Å². The van der Waals surface area contributed by atoms with Crippen LogP contribution in [0.2, 0.25) is 0 Å². The number of hydrogen-bond acceptors (Lipinski definition) is 5. The number of benzene rings is 1. The molecule has 1 atom stereocenters. The maximum absolute atomic E-state index is 12.9. The third-order valence-corrected chi connectivity index (χ3v) is 5.29. The molecule has 0 saturated heterocycles. The molecule has 1 heterocycles. The Morgan fingerprint density at radius 2 is 2.00 bits per heavy atom. The van der Waals surface area contributed by atoms with E-state index >= 15 is 0 Å². The van der Waals surface area contributed by atoms with Gasteiger partial charge in [0.25, 0.3) is 5.56 Å². The van der Waals surface area contributed by atoms with Crippen LogP contribution >= 0.6 is 27.7 Å². The van der Waals surface area contributed by atoms with Crippen LogP contribution in [-0.2, 0) is 11.3 Å². The van der Waals surface area contributed by atoms with Crippen molar-refractivity contribution >= 4 is 50.5 Å². The molecule has 0 aliphatic heterocycles. The SMILES string of the molecule is CCCn1c(SC(C)C(=O)NC(=O)NC(C)(C)C)nc2ccc(Br)cc2c1=O. The highest BCUT2D eigenvalue weighted by molar-refractivity contribution is 9.10. The second-order valence-corrected chi connectivity index (χ2v) is 9.69. The predicted molar refractivity (Wildman–Crippen MR) is 116 cm³/mol. The van der Waals surface area contributed by atoms with Crippen molar-refractivity contribution in [2.75, 3.05) is 0 Å². The van der Waals surface area contributed by atoms with Gasteiger partial charge >= 0.3 is 6.03 Å². The van der Waals surface area contributed by atoms with Gasteiger partial charge < -0.3 is 5.32 Å². The van der Waals surface area contributed by atoms with E-state index in [1.807, 2.05) is 33.8 Å². The van der Waals surface area contributed by atoms with Gasteiger partial charge in [0.05, 0.1) is 16.2 Å². The number of nitrogens with one attached hydrogen (secondary N) is 2. The molecule has 0 bridgehead atoms. The summed E-state index contributed by atoms with van der Waals surface area (Å²) in [4.78, 5) is 41.8. The molecule has 2 aromatic rings. The van der Waals surface area contributed by atoms with Gasteiger partial charge in [0.15, 0.2) is 5.16 Å². The van der Waals surface area contributed by atoms with E-state index in [2.05, 4.69) is 31.5 Å². The van der Waals surface area contributed by atoms with Crippen LogP contribution in [0.5, 0.6) is 0 Å². The van der Waals surface area contributed by atoms with Crippen LogP contribution in [0.3, 0.4) is 0 Å². The van der Waals surface area contributed by atoms with Crippen LogP contribution in [0.1, 0.15) is 41.0 Å². The zero-order valence-electron chi connectivity index (χ0n) is 16.6. The molecule has 7 nitrogen and oxygen atoms in total. The maximum Gasteiger partial charge on any atom is 0.321 e. The van der Waals surface area contributed by atoms with Gasteiger partial charge in [-0.25, -0.2) is 9.78 Å². The molecular formula is C19H25BrN4O3S. The smallest absolute Gasteiger partial charge is 0.321 e. The summed E-state index contributed by atoms with van der Waals surface area (Å²) in [6.07, 6.45) is 0.753. The maximum atomic E-state index is 12.9. The van der Waals surface area contributed by atoms with E-state index in [4.69, 9.17) is 0 Å². The Kier molecular flexibility index (Phi) is 7.28. The standard InChI is InChI=1S/C19H25BrN4O3S/c1-6-9-24-16(26)13-10-12(20)7-8-14(13)21-18(24)28-11(2)15(25)22-17(27)23-19(3,4)5/h7-8,10-11H,6,9H2,1-5H3,(H2,22,23,25,27). The molecule has 2 rings (SSSR count). The summed E-state index contributed by atoms with van der Waals surface area (Å²) in [6, 6.07) is 4.79. The third-order valence-electron chi connectivity index (χ3n) is 3.71. The van der Waals surface area contributed by atoms with E-state index in [1.165, 1.54) is 0 Å². The number of amides is 3. The highest BCUT2D eigenvalue weighted by atomic mass is 79.9. The number of hydrogen-bond donors (Lipinski definition) is 2. The summed E-state index contributed by atoms with van der Waals surface area (Å²) < 4.78 is 2.39. The lowest BCUT2D eigenvalue weighted by Gasteiger charge is -2.21. The molecule has 1 aromatic heterocycles. The zero-order chi connectivity index (χ0) is 21.1. The highest BCUT2D eigenvalue weighted by Gasteiger charge is 2.22. The molecule has 2 N–H and O–H groups in total. The number of urea groups is 1. The molecule has 152 valence electrons. The third kappa shape index (κ3) is 5.81. The minimum absolute atomic E-state index is 0.145. The topological polar surface area (TPSA) is 93.1 Å². The minimum Gasteiger partial charge on any atom is -0.333 e. The molecular weight excluding hydrogens is 444 g/mol. The number of thioether (sulfide) groups is 1. The summed E-state index contributed by atoms with van der Waals surface area (Å²) in [5.41, 5.74) is -0.0221. The molecule has 3 amide bonds. The normalized spacial score (nSPS) is 12.6. The van der Waals surface area contributed by atoms with Crippen molar-refractivity contribution in [2.45, 2.75) is 63.5 Å². The average molecular weight is 469 g/mol. The molecule has 28 heavy (non-hydrogen) atoms. The van der Waals surface area contributed by atoms with Crippen molar-refractivity contribution in [2.24, 2.45) is 0 Å². The Morgan fingerprint density at radius 3 is 2.61 bits per heavy atom. The first kappa shape index (κ1) is 22.4. The van der Waals surface area contributed by atoms with Gasteiger partial charge in [0, 0.05) is 16.6 Å². The number of carbonyl (C=O) groups is 2. The number of imide groups is 1. The fourth-order valence-electron chi connectivity index (χ4n) is 2.48. The lowest BCUT2D eigenvalue weighted by molar-refractivity contribution is -0.119. The molecule has 0 fully saturated rings. The van der Waals surface area contributed by atoms with Gasteiger partial charge in [-0.2, -0.15) is 0 Å². The lowest BCUT2D eigenvalue weighted by atomic mass is 10.1. The molecule has 0 radical (unpaired) electrons. The van der Waals surface area contributed by atoms with Gasteiger partial charge in [-0.3, -0.25) is 19.5 Å². The second-order valence-electron chi connectivity index (χ2n) is 7.47. The van der Waals surface area contributed by atoms with Gasteiger partial charge in [-0.05, 0) is 52.3 Å². The number of rotatable bonds is 5. The Morgan fingerprint density at radius 1 is 1.32 bits per heavy atom. The first-order valence-electron chi connectivity index (χ1n) is 9.01. The average Bonchev–Trinajstić information content (AvgIpc) is 2.57. The van der Waals surface area contributed by atoms with E-state index in [-0.39, 0.29) is 5.56 Å². The van der Waals surface area contributed by atoms with E-state index in [1.54, 1.807) is 23.6 Å². The van der Waals surface area contributed by atoms with Gasteiger partial charge in [0.2, 0.25) is 5.91 Å². The summed E-state index contributed by atoms with van der Waals surface area (Å²) >= 11 is 4.54. The Balaban J connectivity index is 2.28. The summed E-state index contributed by atoms with van der Waals surface area (Å²) in [7, 11) is 0. The fraction of sp³-hybridized carbons (Fsp3) is 0.474. The predicted octanol–water partition coefficient (Wildman–Crippen LogP) is 3.67. The molecule has 1 unspecified atom stereocenters. The summed E-state index contributed by atoms with van der Waals surface area (Å²) in [6.45, 7) is 9.63. The van der Waals surface area contributed by atoms with Crippen LogP contribution in [0, 0.1) is 0 Å². The van der Waals surface area contributed by atoms with Gasteiger partial charge in [-0.15, -0.1) is 0 Å². The number of carbonyl (C=O) groups excluding carboxylic acids is 2. The van der Waals surface area contributed by atoms with E-state index in [9.17, 15) is 14.4 Å². The number of fused-ring (bicyclic) bond motifs is 1. The lowest BCUT2D eigenvalue weighted by Crippen LogP contribution is -2.49. The highest BCUT2D eigenvalue weighted by Crippen LogP contribution is 2.24. The fourth-order valence-corrected chi connectivity index (χ4v) is 3.78. The molecule has 0 aliphatic rings. The molecule has 0 spiro atoms. The minimum atomic E-state index is -0.603. The molecule has 0 aliphatic carbocycles. The molecule has 1 aromatic carbocycles. The van der Waals surface area contributed by atoms with Gasteiger partial charge in [-0.1, -0.05) is 34.6 Å². The Bertz CT molecular complexity index is 953. The van der Waals surface area contributed by atoms with E-state index < -0.39 is 22.7 Å². The van der Waals surface area contributed by atoms with Crippen molar-refractivity contribution in [3.8, 4) is 0 Å². The Hall–Kier alpha value is -1.87. The second kappa shape index (κ2) is 9.09. The van der Waals surface area contributed by atoms with Crippen molar-refractivity contribution < 1.29 is 9.59 Å². The summed E-state index contributed by atoms with van der Waals surface area (Å²) in [5.74, 6) is -0.444. The number of nitrogens with zero attached hydrogens (tertiary/aromatic N) is 2. The van der Waals surface area contributed by atoms with Crippen molar-refractivity contribution in [1.29, 1.82) is 0 Å². The van der Waals surface area contributed by atoms with Crippen molar-refractivity contribution in [3.05, 3.63) is 33.0 Å². The van der Waals surface area contributed by atoms with Crippen LogP contribution in [0.15, 0.2) is 32.6 Å². The number of halogens is 1. The van der Waals surface area contributed by atoms with Gasteiger partial charge in [0.1, 0.15) is 0 Å². The van der Waals surface area contributed by atoms with Crippen molar-refractivity contribution in [3.63, 3.8) is 0 Å². The van der Waals surface area contributed by atoms with Crippen LogP contribution in [0.4, 0.5) is 4.79 Å². The number of aromatic nitrogens is 2. The molecule has 9 heteroatoms. The summed E-state index contributed by atoms with van der Waals surface area (Å²) in [5, 5.41) is 5.40.